The molecular weight excluding hydrogens is 596 g/mol. The third-order valence-electron chi connectivity index (χ3n) is 9.43. The molecular formula is C37H42N4O6. The van der Waals surface area contributed by atoms with Crippen LogP contribution < -0.4 is 20.1 Å². The van der Waals surface area contributed by atoms with Crippen LogP contribution in [0.1, 0.15) is 66.4 Å². The zero-order valence-electron chi connectivity index (χ0n) is 27.4. The molecule has 2 aliphatic rings. The average Bonchev–Trinajstić information content (AvgIpc) is 3.26. The second-order valence-corrected chi connectivity index (χ2v) is 13.0. The van der Waals surface area contributed by atoms with Crippen molar-refractivity contribution in [3.8, 4) is 22.8 Å². The van der Waals surface area contributed by atoms with Gasteiger partial charge in [0.2, 0.25) is 0 Å². The summed E-state index contributed by atoms with van der Waals surface area (Å²) in [5.41, 5.74) is 4.48. The van der Waals surface area contributed by atoms with Gasteiger partial charge >= 0.3 is 12.0 Å². The van der Waals surface area contributed by atoms with E-state index in [0.29, 0.717) is 35.9 Å². The first-order valence-corrected chi connectivity index (χ1v) is 16.2. The summed E-state index contributed by atoms with van der Waals surface area (Å²) in [4.78, 5) is 39.7. The number of rotatable bonds is 8. The fourth-order valence-corrected chi connectivity index (χ4v) is 6.88. The highest BCUT2D eigenvalue weighted by atomic mass is 16.5. The Hall–Kier alpha value is -4.99. The SMILES string of the molecule is COc1ccc2c(c1)OCCn1c-2c(C2CCCCC2)c2ccc(C(=O)N[C@@](C)(Cc3ccc(NC(=O)N(C)C)cc3)C(=O)O)cc21. The van der Waals surface area contributed by atoms with E-state index in [-0.39, 0.29) is 12.5 Å². The number of anilines is 1. The van der Waals surface area contributed by atoms with Crippen LogP contribution in [-0.2, 0) is 17.8 Å². The fourth-order valence-electron chi connectivity index (χ4n) is 6.88. The van der Waals surface area contributed by atoms with Crippen LogP contribution in [0.4, 0.5) is 10.5 Å². The number of methoxy groups -OCH3 is 1. The van der Waals surface area contributed by atoms with Gasteiger partial charge in [0.1, 0.15) is 23.6 Å². The van der Waals surface area contributed by atoms with Crippen molar-refractivity contribution in [3.63, 3.8) is 0 Å². The molecule has 0 spiro atoms. The first kappa shape index (κ1) is 32.0. The second kappa shape index (κ2) is 13.0. The summed E-state index contributed by atoms with van der Waals surface area (Å²) in [5, 5.41) is 17.0. The zero-order chi connectivity index (χ0) is 33.3. The molecule has 1 aliphatic carbocycles. The lowest BCUT2D eigenvalue weighted by atomic mass is 9.81. The van der Waals surface area contributed by atoms with E-state index >= 15 is 0 Å². The highest BCUT2D eigenvalue weighted by Crippen LogP contribution is 2.47. The Morgan fingerprint density at radius 2 is 1.77 bits per heavy atom. The van der Waals surface area contributed by atoms with Crippen LogP contribution in [0.3, 0.4) is 0 Å². The summed E-state index contributed by atoms with van der Waals surface area (Å²) < 4.78 is 14.0. The van der Waals surface area contributed by atoms with Gasteiger partial charge < -0.3 is 34.7 Å². The number of fused-ring (bicyclic) bond motifs is 5. The van der Waals surface area contributed by atoms with Crippen molar-refractivity contribution in [3.05, 3.63) is 77.4 Å². The zero-order valence-corrected chi connectivity index (χ0v) is 27.4. The maximum atomic E-state index is 13.8. The largest absolute Gasteiger partial charge is 0.497 e. The van der Waals surface area contributed by atoms with Crippen LogP contribution in [0.15, 0.2) is 60.7 Å². The first-order valence-electron chi connectivity index (χ1n) is 16.2. The van der Waals surface area contributed by atoms with Crippen LogP contribution in [-0.4, -0.2) is 65.8 Å². The van der Waals surface area contributed by atoms with E-state index in [1.807, 2.05) is 24.3 Å². The first-order chi connectivity index (χ1) is 22.6. The maximum absolute atomic E-state index is 13.8. The Labute approximate surface area is 274 Å². The monoisotopic (exact) mass is 638 g/mol. The molecule has 1 atom stereocenters. The van der Waals surface area contributed by atoms with Gasteiger partial charge in [0.15, 0.2) is 0 Å². The van der Waals surface area contributed by atoms with Crippen LogP contribution in [0, 0.1) is 0 Å². The summed E-state index contributed by atoms with van der Waals surface area (Å²) in [6.45, 7) is 2.59. The molecule has 3 amide bonds. The second-order valence-electron chi connectivity index (χ2n) is 13.0. The van der Waals surface area contributed by atoms with Crippen LogP contribution in [0.2, 0.25) is 0 Å². The Bertz CT molecular complexity index is 1820. The van der Waals surface area contributed by atoms with Crippen molar-refractivity contribution in [2.45, 2.75) is 63.5 Å². The van der Waals surface area contributed by atoms with Gasteiger partial charge in [-0.3, -0.25) is 4.79 Å². The van der Waals surface area contributed by atoms with Gasteiger partial charge in [-0.2, -0.15) is 0 Å². The number of ether oxygens (including phenoxy) is 2. The molecule has 0 saturated heterocycles. The van der Waals surface area contributed by atoms with E-state index in [0.717, 1.165) is 46.5 Å². The quantitative estimate of drug-likeness (QED) is 0.198. The van der Waals surface area contributed by atoms with E-state index in [1.54, 1.807) is 51.5 Å². The molecule has 47 heavy (non-hydrogen) atoms. The smallest absolute Gasteiger partial charge is 0.329 e. The number of aromatic nitrogens is 1. The molecule has 246 valence electrons. The highest BCUT2D eigenvalue weighted by Gasteiger charge is 2.36. The Morgan fingerprint density at radius 3 is 2.45 bits per heavy atom. The van der Waals surface area contributed by atoms with Gasteiger partial charge in [-0.15, -0.1) is 0 Å². The van der Waals surface area contributed by atoms with Gasteiger partial charge in [-0.1, -0.05) is 37.5 Å². The number of urea groups is 1. The number of nitrogens with zero attached hydrogens (tertiary/aromatic N) is 2. The predicted octanol–water partition coefficient (Wildman–Crippen LogP) is 6.67. The minimum atomic E-state index is -1.57. The number of nitrogens with one attached hydrogen (secondary N) is 2. The molecule has 4 aromatic rings. The number of carboxylic acids is 1. The minimum Gasteiger partial charge on any atom is -0.497 e. The summed E-state index contributed by atoms with van der Waals surface area (Å²) in [7, 11) is 4.94. The molecule has 10 nitrogen and oxygen atoms in total. The summed E-state index contributed by atoms with van der Waals surface area (Å²) in [6, 6.07) is 18.4. The van der Waals surface area contributed by atoms with Crippen LogP contribution in [0.25, 0.3) is 22.2 Å². The van der Waals surface area contributed by atoms with Crippen molar-refractivity contribution >= 4 is 34.5 Å². The molecule has 1 aromatic heterocycles. The summed E-state index contributed by atoms with van der Waals surface area (Å²) in [5.74, 6) is 0.313. The van der Waals surface area contributed by atoms with Gasteiger partial charge in [0.05, 0.1) is 19.3 Å². The molecule has 3 aromatic carbocycles. The molecule has 2 heterocycles. The number of carbonyl (C=O) groups is 3. The van der Waals surface area contributed by atoms with Crippen LogP contribution in [0.5, 0.6) is 11.5 Å². The Kier molecular flexibility index (Phi) is 8.86. The number of hydrogen-bond acceptors (Lipinski definition) is 5. The maximum Gasteiger partial charge on any atom is 0.329 e. The number of carboxylic acid groups (broad SMARTS) is 1. The summed E-state index contributed by atoms with van der Waals surface area (Å²) >= 11 is 0. The molecule has 0 radical (unpaired) electrons. The number of carbonyl (C=O) groups excluding carboxylic acids is 2. The lowest BCUT2D eigenvalue weighted by molar-refractivity contribution is -0.143. The van der Waals surface area contributed by atoms with Crippen LogP contribution >= 0.6 is 0 Å². The average molecular weight is 639 g/mol. The lowest BCUT2D eigenvalue weighted by Crippen LogP contribution is -2.53. The van der Waals surface area contributed by atoms with Crippen molar-refractivity contribution in [2.75, 3.05) is 33.1 Å². The summed E-state index contributed by atoms with van der Waals surface area (Å²) in [6.07, 6.45) is 5.89. The number of aliphatic carboxylic acids is 1. The molecule has 6 rings (SSSR count). The van der Waals surface area contributed by atoms with E-state index < -0.39 is 17.4 Å². The number of amides is 3. The third kappa shape index (κ3) is 6.37. The highest BCUT2D eigenvalue weighted by molar-refractivity contribution is 6.03. The standard InChI is InChI=1S/C37H42N4O6/c1-37(35(43)44,22-23-10-13-26(14-11-23)38-36(45)40(2)3)39-34(42)25-12-16-28-30(20-25)41-18-19-47-31-21-27(46-4)15-17-29(31)33(41)32(28)24-8-6-5-7-9-24/h10-17,20-21,24H,5-9,18-19,22H2,1-4H3,(H,38,45)(H,39,42)(H,43,44)/t37-/m0/s1. The molecule has 0 unspecified atom stereocenters. The molecule has 1 aliphatic heterocycles. The number of benzene rings is 3. The lowest BCUT2D eigenvalue weighted by Gasteiger charge is -2.26. The van der Waals surface area contributed by atoms with Crippen molar-refractivity contribution < 1.29 is 29.0 Å². The topological polar surface area (TPSA) is 122 Å². The normalized spacial score (nSPS) is 15.7. The van der Waals surface area contributed by atoms with E-state index in [1.165, 1.54) is 36.6 Å². The third-order valence-corrected chi connectivity index (χ3v) is 9.43. The van der Waals surface area contributed by atoms with Gasteiger partial charge in [-0.05, 0) is 73.2 Å². The van der Waals surface area contributed by atoms with Gasteiger partial charge in [0.25, 0.3) is 5.91 Å². The molecule has 10 heteroatoms. The van der Waals surface area contributed by atoms with Gasteiger partial charge in [0, 0.05) is 54.3 Å². The van der Waals surface area contributed by atoms with Crippen molar-refractivity contribution in [1.82, 2.24) is 14.8 Å². The fraction of sp³-hybridized carbons (Fsp3) is 0.378. The van der Waals surface area contributed by atoms with Gasteiger partial charge in [-0.25, -0.2) is 9.59 Å². The van der Waals surface area contributed by atoms with E-state index in [4.69, 9.17) is 9.47 Å². The molecule has 3 N–H and O–H groups in total. The predicted molar refractivity (Wildman–Crippen MR) is 182 cm³/mol. The Morgan fingerprint density at radius 1 is 1.02 bits per heavy atom. The van der Waals surface area contributed by atoms with Crippen molar-refractivity contribution in [1.29, 1.82) is 0 Å². The molecule has 1 saturated carbocycles. The van der Waals surface area contributed by atoms with Crippen molar-refractivity contribution in [2.24, 2.45) is 0 Å². The molecule has 1 fully saturated rings. The molecule has 0 bridgehead atoms. The Balaban J connectivity index is 1.33. The number of hydrogen-bond donors (Lipinski definition) is 3. The van der Waals surface area contributed by atoms with E-state index in [2.05, 4.69) is 21.3 Å². The minimum absolute atomic E-state index is 0.0577. The van der Waals surface area contributed by atoms with E-state index in [9.17, 15) is 19.5 Å².